The molecule has 2 atom stereocenters. The van der Waals surface area contributed by atoms with Crippen LogP contribution < -0.4 is 0 Å². The summed E-state index contributed by atoms with van der Waals surface area (Å²) in [6, 6.07) is 0.146. The molecule has 0 unspecified atom stereocenters. The Morgan fingerprint density at radius 2 is 1.87 bits per heavy atom. The summed E-state index contributed by atoms with van der Waals surface area (Å²) in [6.45, 7) is 6.47. The first-order valence-corrected chi connectivity index (χ1v) is 5.52. The zero-order valence-corrected chi connectivity index (χ0v) is 9.54. The van der Waals surface area contributed by atoms with E-state index in [1.54, 1.807) is 13.8 Å². The van der Waals surface area contributed by atoms with Gasteiger partial charge in [-0.2, -0.15) is 0 Å². The monoisotopic (exact) mass is 207 g/mol. The smallest absolute Gasteiger partial charge is 0.250 e. The lowest BCUT2D eigenvalue weighted by atomic mass is 10.00. The van der Waals surface area contributed by atoms with E-state index in [1.165, 1.54) is 0 Å². The minimum atomic E-state index is 0.0627. The lowest BCUT2D eigenvalue weighted by Crippen LogP contribution is -2.35. The van der Waals surface area contributed by atoms with Gasteiger partial charge in [0.25, 0.3) is 0 Å². The maximum Gasteiger partial charge on any atom is 0.250 e. The van der Waals surface area contributed by atoms with E-state index in [1.807, 2.05) is 4.90 Å². The highest BCUT2D eigenvalue weighted by molar-refractivity contribution is 6.07. The van der Waals surface area contributed by atoms with E-state index in [2.05, 4.69) is 6.92 Å². The van der Waals surface area contributed by atoms with Gasteiger partial charge in [0.1, 0.15) is 0 Å². The van der Waals surface area contributed by atoms with E-state index in [-0.39, 0.29) is 17.7 Å². The van der Waals surface area contributed by atoms with Gasteiger partial charge in [0.2, 0.25) is 5.91 Å². The largest absolute Gasteiger partial charge is 0.335 e. The van der Waals surface area contributed by atoms with Crippen LogP contribution >= 0.6 is 0 Å². The van der Waals surface area contributed by atoms with Crippen molar-refractivity contribution < 1.29 is 9.59 Å². The fourth-order valence-electron chi connectivity index (χ4n) is 2.55. The molecule has 0 aromatic rings. The van der Waals surface area contributed by atoms with Crippen LogP contribution in [0.4, 0.5) is 0 Å². The third-order valence-electron chi connectivity index (χ3n) is 3.61. The van der Waals surface area contributed by atoms with Crippen LogP contribution in [0, 0.1) is 5.92 Å². The fourth-order valence-corrected chi connectivity index (χ4v) is 2.55. The first-order chi connectivity index (χ1) is 7.00. The summed E-state index contributed by atoms with van der Waals surface area (Å²) in [6.07, 6.45) is 1.48. The Morgan fingerprint density at radius 3 is 2.53 bits per heavy atom. The van der Waals surface area contributed by atoms with E-state index in [0.29, 0.717) is 23.5 Å². The fraction of sp³-hybridized carbons (Fsp3) is 0.667. The molecule has 2 aliphatic heterocycles. The van der Waals surface area contributed by atoms with Crippen molar-refractivity contribution in [2.24, 2.45) is 5.92 Å². The van der Waals surface area contributed by atoms with E-state index in [0.717, 1.165) is 13.0 Å². The van der Waals surface area contributed by atoms with Crippen LogP contribution in [0.15, 0.2) is 11.1 Å². The molecule has 0 N–H and O–H groups in total. The Hall–Kier alpha value is -1.12. The molecular formula is C12H17NO2. The molecule has 2 heterocycles. The molecule has 0 aliphatic carbocycles. The van der Waals surface area contributed by atoms with Crippen LogP contribution in [0.1, 0.15) is 33.6 Å². The van der Waals surface area contributed by atoms with Crippen LogP contribution in [-0.4, -0.2) is 29.2 Å². The maximum absolute atomic E-state index is 12.0. The third-order valence-corrected chi connectivity index (χ3v) is 3.61. The summed E-state index contributed by atoms with van der Waals surface area (Å²) < 4.78 is 0. The number of nitrogens with zero attached hydrogens (tertiary/aromatic N) is 1. The SMILES string of the molecule is CC1=C(C)C(=O)N2C[C@H](C)C[C@@H]2CC1=O. The summed E-state index contributed by atoms with van der Waals surface area (Å²) in [5.74, 6) is 0.730. The minimum Gasteiger partial charge on any atom is -0.335 e. The highest BCUT2D eigenvalue weighted by Crippen LogP contribution is 2.30. The van der Waals surface area contributed by atoms with Gasteiger partial charge in [0, 0.05) is 30.2 Å². The summed E-state index contributed by atoms with van der Waals surface area (Å²) in [5.41, 5.74) is 1.29. The first kappa shape index (κ1) is 10.4. The molecular weight excluding hydrogens is 190 g/mol. The number of hydrogen-bond acceptors (Lipinski definition) is 2. The van der Waals surface area contributed by atoms with Gasteiger partial charge in [-0.15, -0.1) is 0 Å². The molecule has 2 aliphatic rings. The predicted octanol–water partition coefficient (Wildman–Crippen LogP) is 1.53. The Labute approximate surface area is 90.1 Å². The van der Waals surface area contributed by atoms with Crippen LogP contribution in [-0.2, 0) is 9.59 Å². The number of ketones is 1. The Balaban J connectivity index is 2.36. The molecule has 2 rings (SSSR count). The maximum atomic E-state index is 12.0. The molecule has 3 heteroatoms. The molecule has 0 radical (unpaired) electrons. The Bertz CT molecular complexity index is 357. The van der Waals surface area contributed by atoms with Crippen molar-refractivity contribution in [3.63, 3.8) is 0 Å². The number of carbonyl (C=O) groups excluding carboxylic acids is 2. The standard InChI is InChI=1S/C12H17NO2/c1-7-4-10-5-11(14)8(2)9(3)12(15)13(10)6-7/h7,10H,4-6H2,1-3H3/t7-,10-/m1/s1. The topological polar surface area (TPSA) is 37.4 Å². The minimum absolute atomic E-state index is 0.0627. The van der Waals surface area contributed by atoms with Gasteiger partial charge in [-0.25, -0.2) is 0 Å². The van der Waals surface area contributed by atoms with E-state index >= 15 is 0 Å². The van der Waals surface area contributed by atoms with Crippen LogP contribution in [0.5, 0.6) is 0 Å². The van der Waals surface area contributed by atoms with Crippen molar-refractivity contribution in [1.29, 1.82) is 0 Å². The number of allylic oxidation sites excluding steroid dienone is 1. The molecule has 0 aromatic carbocycles. The number of fused-ring (bicyclic) bond motifs is 1. The number of Topliss-reactive ketones (excluding diaryl/α,β-unsaturated/α-hetero) is 1. The van der Waals surface area contributed by atoms with Gasteiger partial charge in [0.05, 0.1) is 0 Å². The van der Waals surface area contributed by atoms with Gasteiger partial charge >= 0.3 is 0 Å². The van der Waals surface area contributed by atoms with Crippen molar-refractivity contribution in [2.45, 2.75) is 39.7 Å². The van der Waals surface area contributed by atoms with Crippen LogP contribution in [0.3, 0.4) is 0 Å². The molecule has 1 saturated heterocycles. The summed E-state index contributed by atoms with van der Waals surface area (Å²) in [4.78, 5) is 25.7. The van der Waals surface area contributed by atoms with Gasteiger partial charge in [-0.3, -0.25) is 9.59 Å². The summed E-state index contributed by atoms with van der Waals surface area (Å²) >= 11 is 0. The molecule has 1 amide bonds. The van der Waals surface area contributed by atoms with E-state index < -0.39 is 0 Å². The lowest BCUT2D eigenvalue weighted by Gasteiger charge is -2.21. The number of hydrogen-bond donors (Lipinski definition) is 0. The first-order valence-electron chi connectivity index (χ1n) is 5.52. The molecule has 82 valence electrons. The molecule has 0 bridgehead atoms. The zero-order valence-electron chi connectivity index (χ0n) is 9.54. The van der Waals surface area contributed by atoms with Crippen molar-refractivity contribution in [1.82, 2.24) is 4.90 Å². The van der Waals surface area contributed by atoms with E-state index in [9.17, 15) is 9.59 Å². The van der Waals surface area contributed by atoms with Crippen LogP contribution in [0.25, 0.3) is 0 Å². The lowest BCUT2D eigenvalue weighted by molar-refractivity contribution is -0.127. The highest BCUT2D eigenvalue weighted by Gasteiger charge is 2.37. The Kier molecular flexibility index (Phi) is 2.41. The molecule has 0 aromatic heterocycles. The predicted molar refractivity (Wildman–Crippen MR) is 57.3 cm³/mol. The van der Waals surface area contributed by atoms with Gasteiger partial charge < -0.3 is 4.90 Å². The quantitative estimate of drug-likeness (QED) is 0.604. The van der Waals surface area contributed by atoms with Gasteiger partial charge in [-0.1, -0.05) is 6.92 Å². The Morgan fingerprint density at radius 1 is 1.20 bits per heavy atom. The molecule has 15 heavy (non-hydrogen) atoms. The summed E-state index contributed by atoms with van der Waals surface area (Å²) in [7, 11) is 0. The van der Waals surface area contributed by atoms with Crippen molar-refractivity contribution in [3.8, 4) is 0 Å². The highest BCUT2D eigenvalue weighted by atomic mass is 16.2. The van der Waals surface area contributed by atoms with Crippen molar-refractivity contribution in [3.05, 3.63) is 11.1 Å². The summed E-state index contributed by atoms with van der Waals surface area (Å²) in [5, 5.41) is 0. The average Bonchev–Trinajstić information content (AvgIpc) is 2.52. The molecule has 0 spiro atoms. The zero-order chi connectivity index (χ0) is 11.2. The molecule has 0 saturated carbocycles. The van der Waals surface area contributed by atoms with Gasteiger partial charge in [0.15, 0.2) is 5.78 Å². The number of amides is 1. The molecule has 1 fully saturated rings. The second-order valence-corrected chi connectivity index (χ2v) is 4.83. The normalized spacial score (nSPS) is 32.1. The average molecular weight is 207 g/mol. The molecule has 3 nitrogen and oxygen atoms in total. The second-order valence-electron chi connectivity index (χ2n) is 4.83. The van der Waals surface area contributed by atoms with E-state index in [4.69, 9.17) is 0 Å². The van der Waals surface area contributed by atoms with Crippen molar-refractivity contribution in [2.75, 3.05) is 6.54 Å². The van der Waals surface area contributed by atoms with Gasteiger partial charge in [-0.05, 0) is 26.2 Å². The second kappa shape index (κ2) is 3.47. The van der Waals surface area contributed by atoms with Crippen LogP contribution in [0.2, 0.25) is 0 Å². The number of rotatable bonds is 0. The number of carbonyl (C=O) groups is 2. The third kappa shape index (κ3) is 1.60. The van der Waals surface area contributed by atoms with Crippen molar-refractivity contribution >= 4 is 11.7 Å².